The van der Waals surface area contributed by atoms with Gasteiger partial charge in [0.1, 0.15) is 0 Å². The smallest absolute Gasteiger partial charge is 0.248 e. The van der Waals surface area contributed by atoms with Crippen LogP contribution in [-0.2, 0) is 4.79 Å². The minimum absolute atomic E-state index is 0.170. The zero-order chi connectivity index (χ0) is 13.1. The maximum atomic E-state index is 12.9. The van der Waals surface area contributed by atoms with Crippen molar-refractivity contribution in [3.8, 4) is 0 Å². The summed E-state index contributed by atoms with van der Waals surface area (Å²) in [5.74, 6) is -3.21. The summed E-state index contributed by atoms with van der Waals surface area (Å²) in [5.41, 5.74) is 5.55. The summed E-state index contributed by atoms with van der Waals surface area (Å²) in [5, 5.41) is 11.7. The number of aliphatic hydroxyl groups is 1. The van der Waals surface area contributed by atoms with Crippen molar-refractivity contribution in [2.24, 2.45) is 11.7 Å². The highest BCUT2D eigenvalue weighted by Crippen LogP contribution is 2.36. The predicted octanol–water partition coefficient (Wildman–Crippen LogP) is 0.636. The van der Waals surface area contributed by atoms with Gasteiger partial charge in [-0.3, -0.25) is 4.79 Å². The van der Waals surface area contributed by atoms with Crippen LogP contribution in [0.5, 0.6) is 0 Å². The lowest BCUT2D eigenvalue weighted by atomic mass is 9.86. The molecule has 2 unspecified atom stereocenters. The van der Waals surface area contributed by atoms with E-state index in [4.69, 9.17) is 10.8 Å². The number of rotatable bonds is 4. The minimum atomic E-state index is -2.62. The van der Waals surface area contributed by atoms with Gasteiger partial charge >= 0.3 is 0 Å². The fourth-order valence-electron chi connectivity index (χ4n) is 1.84. The van der Waals surface area contributed by atoms with Gasteiger partial charge in [-0.15, -0.1) is 0 Å². The van der Waals surface area contributed by atoms with Gasteiger partial charge in [0.2, 0.25) is 11.8 Å². The van der Waals surface area contributed by atoms with E-state index in [2.05, 4.69) is 5.32 Å². The molecule has 17 heavy (non-hydrogen) atoms. The third-order valence-corrected chi connectivity index (χ3v) is 3.22. The number of carbonyl (C=O) groups excluding carboxylic acids is 1. The second kappa shape index (κ2) is 5.73. The molecule has 0 saturated heterocycles. The molecule has 0 aliphatic heterocycles. The third-order valence-electron chi connectivity index (χ3n) is 3.22. The Morgan fingerprint density at radius 1 is 1.53 bits per heavy atom. The van der Waals surface area contributed by atoms with Gasteiger partial charge in [-0.1, -0.05) is 0 Å². The van der Waals surface area contributed by atoms with Gasteiger partial charge in [-0.05, 0) is 19.8 Å². The molecular formula is C11H20F2N2O2. The van der Waals surface area contributed by atoms with E-state index >= 15 is 0 Å². The largest absolute Gasteiger partial charge is 0.392 e. The van der Waals surface area contributed by atoms with Crippen LogP contribution in [0.2, 0.25) is 0 Å². The van der Waals surface area contributed by atoms with Crippen LogP contribution in [-0.4, -0.2) is 35.6 Å². The van der Waals surface area contributed by atoms with Crippen LogP contribution < -0.4 is 11.1 Å². The molecular weight excluding hydrogens is 230 g/mol. The number of hydrogen-bond donors (Lipinski definition) is 3. The Morgan fingerprint density at radius 2 is 2.06 bits per heavy atom. The number of amides is 1. The van der Waals surface area contributed by atoms with Crippen molar-refractivity contribution in [1.29, 1.82) is 0 Å². The van der Waals surface area contributed by atoms with Gasteiger partial charge in [-0.2, -0.15) is 0 Å². The van der Waals surface area contributed by atoms with E-state index in [0.717, 1.165) is 0 Å². The van der Waals surface area contributed by atoms with Gasteiger partial charge in [0.15, 0.2) is 0 Å². The number of alkyl halides is 2. The Balaban J connectivity index is 2.30. The first-order valence-electron chi connectivity index (χ1n) is 5.91. The number of nitrogens with one attached hydrogen (secondary N) is 1. The van der Waals surface area contributed by atoms with Crippen molar-refractivity contribution >= 4 is 5.91 Å². The van der Waals surface area contributed by atoms with Gasteiger partial charge in [0, 0.05) is 31.3 Å². The van der Waals surface area contributed by atoms with Gasteiger partial charge in [-0.25, -0.2) is 8.78 Å². The van der Waals surface area contributed by atoms with Crippen LogP contribution >= 0.6 is 0 Å². The van der Waals surface area contributed by atoms with Crippen LogP contribution in [0.25, 0.3) is 0 Å². The molecule has 0 aromatic carbocycles. The Hall–Kier alpha value is -0.750. The molecule has 1 amide bonds. The maximum absolute atomic E-state index is 12.9. The Morgan fingerprint density at radius 3 is 2.53 bits per heavy atom. The van der Waals surface area contributed by atoms with Crippen LogP contribution in [0, 0.1) is 5.92 Å². The quantitative estimate of drug-likeness (QED) is 0.685. The molecule has 1 saturated carbocycles. The normalized spacial score (nSPS) is 24.1. The molecule has 4 nitrogen and oxygen atoms in total. The Kier molecular flexibility index (Phi) is 4.82. The summed E-state index contributed by atoms with van der Waals surface area (Å²) in [6.45, 7) is 1.71. The van der Waals surface area contributed by atoms with Crippen LogP contribution in [0.1, 0.15) is 32.6 Å². The zero-order valence-corrected chi connectivity index (χ0v) is 9.96. The number of carbonyl (C=O) groups is 1. The predicted molar refractivity (Wildman–Crippen MR) is 59.6 cm³/mol. The minimum Gasteiger partial charge on any atom is -0.392 e. The molecule has 6 heteroatoms. The molecule has 0 heterocycles. The van der Waals surface area contributed by atoms with E-state index < -0.39 is 18.1 Å². The molecule has 0 radical (unpaired) electrons. The number of nitrogens with two attached hydrogens (primary N) is 1. The fraction of sp³-hybridized carbons (Fsp3) is 0.909. The SMILES string of the molecule is CC(O)C(N)CNC(=O)C1CCC(F)(F)CC1. The monoisotopic (exact) mass is 250 g/mol. The van der Waals surface area contributed by atoms with E-state index in [-0.39, 0.29) is 44.1 Å². The summed E-state index contributed by atoms with van der Waals surface area (Å²) >= 11 is 0. The lowest BCUT2D eigenvalue weighted by Gasteiger charge is -2.27. The van der Waals surface area contributed by atoms with E-state index in [1.54, 1.807) is 0 Å². The first-order chi connectivity index (χ1) is 7.82. The summed E-state index contributed by atoms with van der Waals surface area (Å²) in [4.78, 5) is 11.6. The van der Waals surface area contributed by atoms with Crippen LogP contribution in [0.4, 0.5) is 8.78 Å². The average Bonchev–Trinajstić information content (AvgIpc) is 2.25. The molecule has 0 spiro atoms. The van der Waals surface area contributed by atoms with Gasteiger partial charge in [0.05, 0.1) is 6.10 Å². The lowest BCUT2D eigenvalue weighted by molar-refractivity contribution is -0.129. The highest BCUT2D eigenvalue weighted by molar-refractivity contribution is 5.78. The van der Waals surface area contributed by atoms with Gasteiger partial charge in [0.25, 0.3) is 0 Å². The number of aliphatic hydroxyl groups excluding tert-OH is 1. The van der Waals surface area contributed by atoms with Crippen molar-refractivity contribution in [3.05, 3.63) is 0 Å². The molecule has 0 aromatic rings. The first kappa shape index (κ1) is 14.3. The number of halogens is 2. The molecule has 100 valence electrons. The highest BCUT2D eigenvalue weighted by atomic mass is 19.3. The average molecular weight is 250 g/mol. The molecule has 1 aliphatic carbocycles. The molecule has 1 aliphatic rings. The van der Waals surface area contributed by atoms with Crippen molar-refractivity contribution < 1.29 is 18.7 Å². The molecule has 1 rings (SSSR count). The van der Waals surface area contributed by atoms with Crippen LogP contribution in [0.3, 0.4) is 0 Å². The van der Waals surface area contributed by atoms with E-state index in [1.807, 2.05) is 0 Å². The van der Waals surface area contributed by atoms with E-state index in [9.17, 15) is 13.6 Å². The third kappa shape index (κ3) is 4.55. The summed E-state index contributed by atoms with van der Waals surface area (Å²) in [6.07, 6.45) is -0.738. The molecule has 4 N–H and O–H groups in total. The summed E-state index contributed by atoms with van der Waals surface area (Å²) < 4.78 is 25.8. The summed E-state index contributed by atoms with van der Waals surface area (Å²) in [7, 11) is 0. The van der Waals surface area contributed by atoms with Crippen LogP contribution in [0.15, 0.2) is 0 Å². The second-order valence-corrected chi connectivity index (χ2v) is 4.78. The van der Waals surface area contributed by atoms with Crippen molar-refractivity contribution in [1.82, 2.24) is 5.32 Å². The summed E-state index contributed by atoms with van der Waals surface area (Å²) in [6, 6.07) is -0.524. The molecule has 1 fully saturated rings. The second-order valence-electron chi connectivity index (χ2n) is 4.78. The fourth-order valence-corrected chi connectivity index (χ4v) is 1.84. The van der Waals surface area contributed by atoms with E-state index in [1.165, 1.54) is 6.92 Å². The van der Waals surface area contributed by atoms with Crippen molar-refractivity contribution in [2.75, 3.05) is 6.54 Å². The zero-order valence-electron chi connectivity index (χ0n) is 9.96. The molecule has 0 aromatic heterocycles. The van der Waals surface area contributed by atoms with Gasteiger partial charge < -0.3 is 16.2 Å². The Labute approximate surface area is 99.6 Å². The maximum Gasteiger partial charge on any atom is 0.248 e. The topological polar surface area (TPSA) is 75.3 Å². The molecule has 2 atom stereocenters. The lowest BCUT2D eigenvalue weighted by Crippen LogP contribution is -2.46. The standard InChI is InChI=1S/C11H20F2N2O2/c1-7(16)9(14)6-15-10(17)8-2-4-11(12,13)5-3-8/h7-9,16H,2-6,14H2,1H3,(H,15,17). The van der Waals surface area contributed by atoms with Crippen molar-refractivity contribution in [3.63, 3.8) is 0 Å². The highest BCUT2D eigenvalue weighted by Gasteiger charge is 2.37. The first-order valence-corrected chi connectivity index (χ1v) is 5.91. The Bertz CT molecular complexity index is 262. The molecule has 0 bridgehead atoms. The van der Waals surface area contributed by atoms with E-state index in [0.29, 0.717) is 0 Å². The number of hydrogen-bond acceptors (Lipinski definition) is 3. The van der Waals surface area contributed by atoms with Crippen molar-refractivity contribution in [2.45, 2.75) is 50.7 Å².